The van der Waals surface area contributed by atoms with Crippen LogP contribution in [0, 0.1) is 0 Å². The molecule has 0 fully saturated rings. The zero-order chi connectivity index (χ0) is 9.84. The second kappa shape index (κ2) is 4.75. The smallest absolute Gasteiger partial charge is 0.155 e. The normalized spacial score (nSPS) is 20.6. The van der Waals surface area contributed by atoms with E-state index >= 15 is 0 Å². The molecule has 0 saturated heterocycles. The third kappa shape index (κ3) is 3.11. The predicted octanol–water partition coefficient (Wildman–Crippen LogP) is 1.59. The molecule has 0 amide bonds. The molecule has 1 heterocycles. The van der Waals surface area contributed by atoms with E-state index in [1.807, 2.05) is 0 Å². The van der Waals surface area contributed by atoms with Gasteiger partial charge >= 0.3 is 0 Å². The van der Waals surface area contributed by atoms with Crippen LogP contribution in [0.5, 0.6) is 0 Å². The highest BCUT2D eigenvalue weighted by Gasteiger charge is 2.18. The van der Waals surface area contributed by atoms with Crippen LogP contribution in [0.15, 0.2) is 0 Å². The monoisotopic (exact) mass is 183 g/mol. The summed E-state index contributed by atoms with van der Waals surface area (Å²) in [6.45, 7) is 12.7. The lowest BCUT2D eigenvalue weighted by Crippen LogP contribution is -2.35. The van der Waals surface area contributed by atoms with Gasteiger partial charge < -0.3 is 0 Å². The molecule has 1 rings (SSSR count). The first-order valence-electron chi connectivity index (χ1n) is 5.44. The zero-order valence-electron chi connectivity index (χ0n) is 9.45. The fourth-order valence-corrected chi connectivity index (χ4v) is 1.82. The summed E-state index contributed by atoms with van der Waals surface area (Å²) in [5, 5.41) is 0. The van der Waals surface area contributed by atoms with Crippen molar-refractivity contribution < 1.29 is 4.58 Å². The second-order valence-corrected chi connectivity index (χ2v) is 4.43. The zero-order valence-corrected chi connectivity index (χ0v) is 9.45. The van der Waals surface area contributed by atoms with Crippen LogP contribution in [0.4, 0.5) is 0 Å². The SMILES string of the molecule is CC(C)N1CCC=[N+](C(C)C)CC1. The van der Waals surface area contributed by atoms with Crippen LogP contribution in [0.25, 0.3) is 0 Å². The van der Waals surface area contributed by atoms with Gasteiger partial charge in [-0.15, -0.1) is 0 Å². The first-order chi connectivity index (χ1) is 6.11. The lowest BCUT2D eigenvalue weighted by molar-refractivity contribution is -0.553. The molecule has 0 aliphatic carbocycles. The highest BCUT2D eigenvalue weighted by atomic mass is 15.2. The van der Waals surface area contributed by atoms with Crippen LogP contribution >= 0.6 is 0 Å². The quantitative estimate of drug-likeness (QED) is 0.589. The van der Waals surface area contributed by atoms with Gasteiger partial charge in [-0.05, 0) is 27.7 Å². The Morgan fingerprint density at radius 1 is 1.15 bits per heavy atom. The average Bonchev–Trinajstić information content (AvgIpc) is 2.27. The molecule has 2 nitrogen and oxygen atoms in total. The summed E-state index contributed by atoms with van der Waals surface area (Å²) in [5.74, 6) is 0. The van der Waals surface area contributed by atoms with E-state index in [1.165, 1.54) is 26.1 Å². The first-order valence-corrected chi connectivity index (χ1v) is 5.44. The Morgan fingerprint density at radius 3 is 2.38 bits per heavy atom. The maximum atomic E-state index is 2.55. The molecule has 0 radical (unpaired) electrons. The van der Waals surface area contributed by atoms with Crippen LogP contribution in [0.1, 0.15) is 34.1 Å². The van der Waals surface area contributed by atoms with Gasteiger partial charge in [-0.25, -0.2) is 4.58 Å². The van der Waals surface area contributed by atoms with Crippen LogP contribution in [0.2, 0.25) is 0 Å². The minimum atomic E-state index is 0.659. The Morgan fingerprint density at radius 2 is 1.85 bits per heavy atom. The summed E-state index contributed by atoms with van der Waals surface area (Å²) >= 11 is 0. The summed E-state index contributed by atoms with van der Waals surface area (Å²) < 4.78 is 2.46. The average molecular weight is 183 g/mol. The molecule has 0 N–H and O–H groups in total. The molecular formula is C11H23N2+. The van der Waals surface area contributed by atoms with Crippen molar-refractivity contribution in [1.82, 2.24) is 4.90 Å². The molecule has 0 saturated carbocycles. The highest BCUT2D eigenvalue weighted by molar-refractivity contribution is 5.51. The Labute approximate surface area is 82.2 Å². The first kappa shape index (κ1) is 10.7. The van der Waals surface area contributed by atoms with Crippen molar-refractivity contribution in [2.75, 3.05) is 19.6 Å². The van der Waals surface area contributed by atoms with E-state index < -0.39 is 0 Å². The van der Waals surface area contributed by atoms with Gasteiger partial charge in [-0.2, -0.15) is 0 Å². The third-order valence-electron chi connectivity index (χ3n) is 2.82. The fraction of sp³-hybridized carbons (Fsp3) is 0.909. The highest BCUT2D eigenvalue weighted by Crippen LogP contribution is 2.03. The predicted molar refractivity (Wildman–Crippen MR) is 57.7 cm³/mol. The molecule has 2 heteroatoms. The van der Waals surface area contributed by atoms with Gasteiger partial charge in [0, 0.05) is 19.0 Å². The van der Waals surface area contributed by atoms with Crippen molar-refractivity contribution in [1.29, 1.82) is 0 Å². The van der Waals surface area contributed by atoms with Crippen LogP contribution in [-0.4, -0.2) is 47.4 Å². The Balaban J connectivity index is 2.48. The molecule has 0 atom stereocenters. The standard InChI is InChI=1S/C11H23N2/c1-10(2)12-6-5-7-13(9-8-12)11(3)4/h6,10-11H,5,7-9H2,1-4H3/q+1. The van der Waals surface area contributed by atoms with Crippen LogP contribution in [0.3, 0.4) is 0 Å². The minimum Gasteiger partial charge on any atom is -0.294 e. The number of rotatable bonds is 2. The number of hydrogen-bond acceptors (Lipinski definition) is 1. The van der Waals surface area contributed by atoms with Gasteiger partial charge in [0.1, 0.15) is 12.3 Å². The van der Waals surface area contributed by atoms with Gasteiger partial charge in [-0.1, -0.05) is 0 Å². The molecular weight excluding hydrogens is 160 g/mol. The van der Waals surface area contributed by atoms with Gasteiger partial charge in [-0.3, -0.25) is 4.90 Å². The molecule has 0 spiro atoms. The molecule has 0 aromatic rings. The van der Waals surface area contributed by atoms with Crippen molar-refractivity contribution in [3.8, 4) is 0 Å². The van der Waals surface area contributed by atoms with Crippen molar-refractivity contribution in [2.45, 2.75) is 46.2 Å². The van der Waals surface area contributed by atoms with Gasteiger partial charge in [0.15, 0.2) is 6.54 Å². The van der Waals surface area contributed by atoms with Crippen LogP contribution < -0.4 is 0 Å². The molecule has 76 valence electrons. The van der Waals surface area contributed by atoms with Gasteiger partial charge in [0.2, 0.25) is 0 Å². The summed E-state index contributed by atoms with van der Waals surface area (Å²) in [7, 11) is 0. The van der Waals surface area contributed by atoms with Gasteiger partial charge in [0.05, 0.1) is 6.54 Å². The number of hydrogen-bond donors (Lipinski definition) is 0. The Bertz CT molecular complexity index is 183. The maximum absolute atomic E-state index is 2.55. The summed E-state index contributed by atoms with van der Waals surface area (Å²) in [6.07, 6.45) is 3.57. The molecule has 0 bridgehead atoms. The van der Waals surface area contributed by atoms with Crippen molar-refractivity contribution in [2.24, 2.45) is 0 Å². The summed E-state index contributed by atoms with van der Waals surface area (Å²) in [6, 6.07) is 1.35. The van der Waals surface area contributed by atoms with Crippen LogP contribution in [-0.2, 0) is 0 Å². The van der Waals surface area contributed by atoms with Crippen molar-refractivity contribution in [3.05, 3.63) is 0 Å². The van der Waals surface area contributed by atoms with E-state index in [9.17, 15) is 0 Å². The van der Waals surface area contributed by atoms with Crippen molar-refractivity contribution >= 4 is 6.21 Å². The Kier molecular flexibility index (Phi) is 3.91. The van der Waals surface area contributed by atoms with E-state index in [2.05, 4.69) is 43.4 Å². The minimum absolute atomic E-state index is 0.659. The van der Waals surface area contributed by atoms with E-state index in [4.69, 9.17) is 0 Å². The third-order valence-corrected chi connectivity index (χ3v) is 2.82. The molecule has 13 heavy (non-hydrogen) atoms. The van der Waals surface area contributed by atoms with E-state index in [0.717, 1.165) is 0 Å². The molecule has 0 aromatic carbocycles. The number of nitrogens with zero attached hydrogens (tertiary/aromatic N) is 2. The van der Waals surface area contributed by atoms with Crippen molar-refractivity contribution in [3.63, 3.8) is 0 Å². The maximum Gasteiger partial charge on any atom is 0.155 e. The van der Waals surface area contributed by atoms with E-state index in [1.54, 1.807) is 0 Å². The lowest BCUT2D eigenvalue weighted by atomic mass is 10.3. The van der Waals surface area contributed by atoms with E-state index in [-0.39, 0.29) is 0 Å². The second-order valence-electron chi connectivity index (χ2n) is 4.43. The molecule has 1 aliphatic rings. The molecule has 0 unspecified atom stereocenters. The molecule has 0 aromatic heterocycles. The van der Waals surface area contributed by atoms with Gasteiger partial charge in [0.25, 0.3) is 0 Å². The summed E-state index contributed by atoms with van der Waals surface area (Å²) in [5.41, 5.74) is 0. The largest absolute Gasteiger partial charge is 0.294 e. The molecule has 1 aliphatic heterocycles. The summed E-state index contributed by atoms with van der Waals surface area (Å²) in [4.78, 5) is 2.55. The van der Waals surface area contributed by atoms with E-state index in [0.29, 0.717) is 12.1 Å². The topological polar surface area (TPSA) is 6.25 Å². The fourth-order valence-electron chi connectivity index (χ4n) is 1.82. The lowest BCUT2D eigenvalue weighted by Gasteiger charge is -2.22. The Hall–Kier alpha value is -0.370.